The van der Waals surface area contributed by atoms with Crippen LogP contribution in [0.5, 0.6) is 11.5 Å². The summed E-state index contributed by atoms with van der Waals surface area (Å²) in [7, 11) is 0. The average Bonchev–Trinajstić information content (AvgIpc) is 3.46. The van der Waals surface area contributed by atoms with Crippen LogP contribution in [-0.4, -0.2) is 42.0 Å². The number of nitro groups is 1. The number of carbonyl (C=O) groups excluding carboxylic acids is 1. The normalized spacial score (nSPS) is 14.8. The molecule has 0 spiro atoms. The molecule has 180 valence electrons. The minimum absolute atomic E-state index is 0.0111. The molecule has 0 fully saturated rings. The highest BCUT2D eigenvalue weighted by molar-refractivity contribution is 7.16. The molecule has 35 heavy (non-hydrogen) atoms. The third-order valence-electron chi connectivity index (χ3n) is 5.89. The largest absolute Gasteiger partial charge is 0.462 e. The molecule has 2 aliphatic heterocycles. The van der Waals surface area contributed by atoms with E-state index in [4.69, 9.17) is 14.2 Å². The molecule has 0 bridgehead atoms. The summed E-state index contributed by atoms with van der Waals surface area (Å²) in [4.78, 5) is 31.9. The van der Waals surface area contributed by atoms with Crippen LogP contribution in [0.3, 0.4) is 0 Å². The number of carbonyl (C=O) groups is 1. The van der Waals surface area contributed by atoms with Crippen LogP contribution in [-0.2, 0) is 24.2 Å². The number of aliphatic imine (C=N–C) groups is 1. The molecule has 1 aromatic heterocycles. The number of benzene rings is 2. The van der Waals surface area contributed by atoms with Crippen molar-refractivity contribution < 1.29 is 23.9 Å². The number of nitrogens with zero attached hydrogens (tertiary/aromatic N) is 3. The predicted molar refractivity (Wildman–Crippen MR) is 131 cm³/mol. The molecule has 0 radical (unpaired) electrons. The van der Waals surface area contributed by atoms with Crippen molar-refractivity contribution in [2.45, 2.75) is 26.4 Å². The lowest BCUT2D eigenvalue weighted by Gasteiger charge is -2.27. The Labute approximate surface area is 205 Å². The highest BCUT2D eigenvalue weighted by Gasteiger charge is 2.29. The van der Waals surface area contributed by atoms with E-state index >= 15 is 0 Å². The summed E-state index contributed by atoms with van der Waals surface area (Å²) in [5, 5.41) is 12.1. The Morgan fingerprint density at radius 2 is 2.03 bits per heavy atom. The Kier molecular flexibility index (Phi) is 6.47. The molecule has 0 aliphatic carbocycles. The minimum Gasteiger partial charge on any atom is -0.462 e. The number of thiophene rings is 1. The van der Waals surface area contributed by atoms with E-state index in [1.807, 2.05) is 18.2 Å². The molecular weight excluding hydrogens is 470 g/mol. The highest BCUT2D eigenvalue weighted by Crippen LogP contribution is 2.41. The molecular formula is C25H23N3O6S. The lowest BCUT2D eigenvalue weighted by Crippen LogP contribution is -2.29. The van der Waals surface area contributed by atoms with Crippen LogP contribution < -0.4 is 9.47 Å². The summed E-state index contributed by atoms with van der Waals surface area (Å²) in [5.41, 5.74) is 2.75. The van der Waals surface area contributed by atoms with E-state index in [2.05, 4.69) is 22.0 Å². The van der Waals surface area contributed by atoms with Gasteiger partial charge in [-0.05, 0) is 30.5 Å². The van der Waals surface area contributed by atoms with E-state index in [1.165, 1.54) is 35.2 Å². The lowest BCUT2D eigenvalue weighted by atomic mass is 10.0. The SMILES string of the molecule is CCOC(=O)c1c(N=Cc2cc3c(cc2[N+](=O)[O-])OCO3)sc2c1CCN(Cc1ccccc1)C2. The van der Waals surface area contributed by atoms with Gasteiger partial charge in [0.05, 0.1) is 28.7 Å². The van der Waals surface area contributed by atoms with Crippen molar-refractivity contribution >= 4 is 34.2 Å². The second kappa shape index (κ2) is 9.85. The fraction of sp³-hybridized carbons (Fsp3) is 0.280. The number of esters is 1. The zero-order chi connectivity index (χ0) is 24.4. The maximum Gasteiger partial charge on any atom is 0.341 e. The van der Waals surface area contributed by atoms with Gasteiger partial charge < -0.3 is 14.2 Å². The first kappa shape index (κ1) is 23.0. The van der Waals surface area contributed by atoms with E-state index in [1.54, 1.807) is 6.92 Å². The van der Waals surface area contributed by atoms with E-state index in [0.717, 1.165) is 23.5 Å². The minimum atomic E-state index is -0.490. The molecule has 2 aliphatic rings. The number of rotatable bonds is 7. The summed E-state index contributed by atoms with van der Waals surface area (Å²) < 4.78 is 15.9. The zero-order valence-electron chi connectivity index (χ0n) is 19.1. The molecule has 3 aromatic rings. The second-order valence-electron chi connectivity index (χ2n) is 8.13. The van der Waals surface area contributed by atoms with E-state index in [-0.39, 0.29) is 24.7 Å². The van der Waals surface area contributed by atoms with Gasteiger partial charge in [-0.2, -0.15) is 0 Å². The Bertz CT molecular complexity index is 1300. The van der Waals surface area contributed by atoms with Crippen LogP contribution in [0.15, 0.2) is 47.5 Å². The first-order chi connectivity index (χ1) is 17.0. The van der Waals surface area contributed by atoms with Gasteiger partial charge in [0.15, 0.2) is 11.5 Å². The fourth-order valence-corrected chi connectivity index (χ4v) is 5.48. The zero-order valence-corrected chi connectivity index (χ0v) is 19.9. The van der Waals surface area contributed by atoms with E-state index in [0.29, 0.717) is 35.0 Å². The molecule has 0 amide bonds. The first-order valence-electron chi connectivity index (χ1n) is 11.2. The molecule has 0 N–H and O–H groups in total. The number of hydrogen-bond donors (Lipinski definition) is 0. The summed E-state index contributed by atoms with van der Waals surface area (Å²) in [6.45, 7) is 4.34. The van der Waals surface area contributed by atoms with Crippen molar-refractivity contribution in [1.82, 2.24) is 4.90 Å². The third kappa shape index (κ3) is 4.75. The molecule has 10 heteroatoms. The van der Waals surface area contributed by atoms with Gasteiger partial charge >= 0.3 is 5.97 Å². The maximum atomic E-state index is 12.9. The Balaban J connectivity index is 1.47. The molecule has 0 unspecified atom stereocenters. The molecule has 2 aromatic carbocycles. The smallest absolute Gasteiger partial charge is 0.341 e. The number of hydrogen-bond acceptors (Lipinski definition) is 9. The first-order valence-corrected chi connectivity index (χ1v) is 12.0. The standard InChI is InChI=1S/C25H23N3O6S/c1-2-32-25(29)23-18-8-9-27(13-16-6-4-3-5-7-16)14-22(18)35-24(23)26-12-17-10-20-21(34-15-33-20)11-19(17)28(30)31/h3-7,10-12H,2,8-9,13-15H2,1H3. The molecule has 0 saturated carbocycles. The van der Waals surface area contributed by atoms with Gasteiger partial charge in [-0.1, -0.05) is 30.3 Å². The Morgan fingerprint density at radius 1 is 1.26 bits per heavy atom. The van der Waals surface area contributed by atoms with E-state index in [9.17, 15) is 14.9 Å². The van der Waals surface area contributed by atoms with Gasteiger partial charge in [0.2, 0.25) is 6.79 Å². The molecule has 0 atom stereocenters. The van der Waals surface area contributed by atoms with Crippen LogP contribution in [0, 0.1) is 10.1 Å². The monoisotopic (exact) mass is 493 g/mol. The number of ether oxygens (including phenoxy) is 3. The number of fused-ring (bicyclic) bond motifs is 2. The summed E-state index contributed by atoms with van der Waals surface area (Å²) in [6, 6.07) is 13.1. The van der Waals surface area contributed by atoms with Crippen molar-refractivity contribution in [2.75, 3.05) is 19.9 Å². The average molecular weight is 494 g/mol. The Morgan fingerprint density at radius 3 is 2.77 bits per heavy atom. The van der Waals surface area contributed by atoms with Gasteiger partial charge in [0.1, 0.15) is 5.00 Å². The van der Waals surface area contributed by atoms with Gasteiger partial charge in [-0.25, -0.2) is 9.79 Å². The van der Waals surface area contributed by atoms with Crippen molar-refractivity contribution in [2.24, 2.45) is 4.99 Å². The quantitative estimate of drug-likeness (QED) is 0.200. The van der Waals surface area contributed by atoms with Gasteiger partial charge in [-0.3, -0.25) is 15.0 Å². The Hall–Kier alpha value is -3.76. The number of nitro benzene ring substituents is 1. The lowest BCUT2D eigenvalue weighted by molar-refractivity contribution is -0.385. The molecule has 3 heterocycles. The molecule has 9 nitrogen and oxygen atoms in total. The summed E-state index contributed by atoms with van der Waals surface area (Å²) in [5.74, 6) is 0.324. The van der Waals surface area contributed by atoms with Crippen LogP contribution in [0.25, 0.3) is 0 Å². The second-order valence-corrected chi connectivity index (χ2v) is 9.21. The van der Waals surface area contributed by atoms with Gasteiger partial charge in [0, 0.05) is 30.7 Å². The van der Waals surface area contributed by atoms with E-state index < -0.39 is 10.9 Å². The third-order valence-corrected chi connectivity index (χ3v) is 7.01. The summed E-state index contributed by atoms with van der Waals surface area (Å²) >= 11 is 1.42. The molecule has 5 rings (SSSR count). The fourth-order valence-electron chi connectivity index (χ4n) is 4.26. The van der Waals surface area contributed by atoms with Crippen molar-refractivity contribution in [1.29, 1.82) is 0 Å². The van der Waals surface area contributed by atoms with Crippen LogP contribution >= 0.6 is 11.3 Å². The molecule has 0 saturated heterocycles. The van der Waals surface area contributed by atoms with Crippen LogP contribution in [0.2, 0.25) is 0 Å². The predicted octanol–water partition coefficient (Wildman–Crippen LogP) is 4.87. The van der Waals surface area contributed by atoms with Crippen LogP contribution in [0.4, 0.5) is 10.7 Å². The van der Waals surface area contributed by atoms with Crippen molar-refractivity contribution in [3.05, 3.63) is 79.7 Å². The van der Waals surface area contributed by atoms with Gasteiger partial charge in [0.25, 0.3) is 5.69 Å². The van der Waals surface area contributed by atoms with Gasteiger partial charge in [-0.15, -0.1) is 11.3 Å². The topological polar surface area (TPSA) is 104 Å². The van der Waals surface area contributed by atoms with Crippen LogP contribution in [0.1, 0.15) is 38.8 Å². The summed E-state index contributed by atoms with van der Waals surface area (Å²) in [6.07, 6.45) is 2.11. The highest BCUT2D eigenvalue weighted by atomic mass is 32.1. The van der Waals surface area contributed by atoms with Crippen molar-refractivity contribution in [3.8, 4) is 11.5 Å². The maximum absolute atomic E-state index is 12.9. The van der Waals surface area contributed by atoms with Crippen molar-refractivity contribution in [3.63, 3.8) is 0 Å².